The molecule has 24 heavy (non-hydrogen) atoms. The van der Waals surface area contributed by atoms with Gasteiger partial charge in [0.1, 0.15) is 11.3 Å². The first-order chi connectivity index (χ1) is 11.5. The normalized spacial score (nSPS) is 11.2. The van der Waals surface area contributed by atoms with E-state index in [2.05, 4.69) is 15.9 Å². The molecule has 0 saturated carbocycles. The highest BCUT2D eigenvalue weighted by molar-refractivity contribution is 9.10. The molecule has 120 valence electrons. The number of halogens is 1. The first-order valence-electron chi connectivity index (χ1n) is 6.91. The summed E-state index contributed by atoms with van der Waals surface area (Å²) in [5.41, 5.74) is 0.470. The topological polar surface area (TPSA) is 74.6 Å². The van der Waals surface area contributed by atoms with Crippen molar-refractivity contribution in [2.24, 2.45) is 0 Å². The highest BCUT2D eigenvalue weighted by Gasteiger charge is 2.18. The van der Waals surface area contributed by atoms with E-state index in [0.717, 1.165) is 15.6 Å². The Balaban J connectivity index is 1.93. The van der Waals surface area contributed by atoms with Gasteiger partial charge < -0.3 is 10.2 Å². The van der Waals surface area contributed by atoms with Crippen LogP contribution in [0.1, 0.15) is 26.3 Å². The van der Waals surface area contributed by atoms with Crippen LogP contribution in [0.2, 0.25) is 0 Å². The zero-order valence-corrected chi connectivity index (χ0v) is 14.6. The van der Waals surface area contributed by atoms with E-state index in [9.17, 15) is 14.7 Å². The van der Waals surface area contributed by atoms with Crippen molar-refractivity contribution in [2.45, 2.75) is 0 Å². The number of hydrogen-bond donors (Lipinski definition) is 2. The van der Waals surface area contributed by atoms with Crippen molar-refractivity contribution in [3.63, 3.8) is 0 Å². The monoisotopic (exact) mass is 402 g/mol. The molecule has 1 heterocycles. The Morgan fingerprint density at radius 2 is 1.83 bits per heavy atom. The van der Waals surface area contributed by atoms with Gasteiger partial charge in [0.25, 0.3) is 0 Å². The van der Waals surface area contributed by atoms with Crippen molar-refractivity contribution in [1.82, 2.24) is 0 Å². The van der Waals surface area contributed by atoms with E-state index in [1.165, 1.54) is 18.2 Å². The molecule has 0 radical (unpaired) electrons. The molecule has 0 bridgehead atoms. The predicted octanol–water partition coefficient (Wildman–Crippen LogP) is 4.96. The van der Waals surface area contributed by atoms with Gasteiger partial charge in [0.2, 0.25) is 0 Å². The van der Waals surface area contributed by atoms with Gasteiger partial charge in [0, 0.05) is 9.17 Å². The van der Waals surface area contributed by atoms with Crippen molar-refractivity contribution < 1.29 is 19.8 Å². The molecule has 0 spiro atoms. The van der Waals surface area contributed by atoms with Crippen LogP contribution in [0.5, 0.6) is 5.75 Å². The smallest absolute Gasteiger partial charge is 0.339 e. The number of benzene rings is 2. The molecule has 0 saturated heterocycles. The second-order valence-electron chi connectivity index (χ2n) is 5.07. The van der Waals surface area contributed by atoms with Crippen molar-refractivity contribution in [3.05, 3.63) is 69.0 Å². The van der Waals surface area contributed by atoms with Crippen LogP contribution in [0, 0.1) is 0 Å². The van der Waals surface area contributed by atoms with Crippen molar-refractivity contribution in [3.8, 4) is 5.75 Å². The molecule has 6 heteroatoms. The van der Waals surface area contributed by atoms with Crippen molar-refractivity contribution >= 4 is 55.2 Å². The molecule has 0 aliphatic rings. The fourth-order valence-electron chi connectivity index (χ4n) is 2.30. The van der Waals surface area contributed by atoms with Crippen LogP contribution in [0.3, 0.4) is 0 Å². The van der Waals surface area contributed by atoms with Gasteiger partial charge in [-0.05, 0) is 52.7 Å². The van der Waals surface area contributed by atoms with Crippen LogP contribution < -0.4 is 0 Å². The lowest BCUT2D eigenvalue weighted by Gasteiger charge is -2.05. The van der Waals surface area contributed by atoms with Crippen LogP contribution in [-0.2, 0) is 0 Å². The summed E-state index contributed by atoms with van der Waals surface area (Å²) in [6, 6.07) is 10.5. The third kappa shape index (κ3) is 3.25. The summed E-state index contributed by atoms with van der Waals surface area (Å²) in [5.74, 6) is -2.30. The number of carbonyl (C=O) groups excluding carboxylic acids is 1. The van der Waals surface area contributed by atoms with Gasteiger partial charge in [0.15, 0.2) is 5.78 Å². The average Bonchev–Trinajstić information content (AvgIpc) is 3.01. The lowest BCUT2D eigenvalue weighted by Crippen LogP contribution is -2.03. The number of allylic oxidation sites excluding steroid dienone is 1. The van der Waals surface area contributed by atoms with E-state index in [1.807, 2.05) is 29.6 Å². The largest absolute Gasteiger partial charge is 0.506 e. The highest BCUT2D eigenvalue weighted by Crippen LogP contribution is 2.28. The number of carbonyl (C=O) groups is 2. The fourth-order valence-corrected chi connectivity index (χ4v) is 3.53. The van der Waals surface area contributed by atoms with E-state index in [1.54, 1.807) is 17.4 Å². The van der Waals surface area contributed by atoms with Gasteiger partial charge in [0.05, 0.1) is 5.56 Å². The van der Waals surface area contributed by atoms with Gasteiger partial charge in [-0.2, -0.15) is 0 Å². The molecule has 0 unspecified atom stereocenters. The summed E-state index contributed by atoms with van der Waals surface area (Å²) in [5, 5.41) is 22.2. The summed E-state index contributed by atoms with van der Waals surface area (Å²) < 4.78 is 1.57. The second-order valence-corrected chi connectivity index (χ2v) is 6.93. The van der Waals surface area contributed by atoms with Gasteiger partial charge in [-0.3, -0.25) is 4.79 Å². The Hall–Kier alpha value is -2.44. The van der Waals surface area contributed by atoms with Gasteiger partial charge in [-0.15, -0.1) is 11.3 Å². The number of fused-ring (bicyclic) bond motifs is 1. The molecule has 0 aliphatic heterocycles. The molecule has 4 nitrogen and oxygen atoms in total. The fraction of sp³-hybridized carbons (Fsp3) is 0. The summed E-state index contributed by atoms with van der Waals surface area (Å²) in [7, 11) is 0. The third-order valence-electron chi connectivity index (χ3n) is 3.47. The zero-order valence-electron chi connectivity index (χ0n) is 12.2. The number of phenols is 1. The highest BCUT2D eigenvalue weighted by atomic mass is 79.9. The molecule has 2 aromatic carbocycles. The summed E-state index contributed by atoms with van der Waals surface area (Å²) in [6.07, 6.45) is 2.96. The van der Waals surface area contributed by atoms with Gasteiger partial charge >= 0.3 is 5.97 Å². The first kappa shape index (κ1) is 16.4. The van der Waals surface area contributed by atoms with Crippen LogP contribution in [0.25, 0.3) is 16.2 Å². The van der Waals surface area contributed by atoms with Crippen molar-refractivity contribution in [2.75, 3.05) is 0 Å². The Morgan fingerprint density at radius 3 is 2.58 bits per heavy atom. The lowest BCUT2D eigenvalue weighted by molar-refractivity contribution is 0.0693. The minimum Gasteiger partial charge on any atom is -0.506 e. The molecular formula is C18H11BrO4S. The first-order valence-corrected chi connectivity index (χ1v) is 8.58. The summed E-state index contributed by atoms with van der Waals surface area (Å²) in [6.45, 7) is 0. The molecular weight excluding hydrogens is 392 g/mol. The SMILES string of the molecule is O=C(O)c1cc(Br)cc(C(=O)/C=C/c2ccc3sccc3c2)c1O. The lowest BCUT2D eigenvalue weighted by atomic mass is 10.0. The Morgan fingerprint density at radius 1 is 1.08 bits per heavy atom. The number of thiophene rings is 1. The van der Waals surface area contributed by atoms with E-state index in [0.29, 0.717) is 4.47 Å². The van der Waals surface area contributed by atoms with E-state index in [4.69, 9.17) is 5.11 Å². The van der Waals surface area contributed by atoms with Gasteiger partial charge in [-0.25, -0.2) is 4.79 Å². The Kier molecular flexibility index (Phi) is 4.51. The van der Waals surface area contributed by atoms with Crippen LogP contribution in [0.15, 0.2) is 52.3 Å². The summed E-state index contributed by atoms with van der Waals surface area (Å²) >= 11 is 4.79. The van der Waals surface area contributed by atoms with Crippen LogP contribution in [-0.4, -0.2) is 22.0 Å². The van der Waals surface area contributed by atoms with Crippen molar-refractivity contribution in [1.29, 1.82) is 0 Å². The van der Waals surface area contributed by atoms with Gasteiger partial charge in [-0.1, -0.05) is 28.1 Å². The number of rotatable bonds is 4. The maximum Gasteiger partial charge on any atom is 0.339 e. The molecule has 3 rings (SSSR count). The number of carboxylic acids is 1. The Bertz CT molecular complexity index is 988. The quantitative estimate of drug-likeness (QED) is 0.477. The predicted molar refractivity (Wildman–Crippen MR) is 98.0 cm³/mol. The molecule has 1 aromatic heterocycles. The average molecular weight is 403 g/mol. The molecule has 0 amide bonds. The van der Waals surface area contributed by atoms with E-state index >= 15 is 0 Å². The minimum atomic E-state index is -1.30. The second kappa shape index (κ2) is 6.59. The Labute approximate surface area is 149 Å². The number of ketones is 1. The number of carboxylic acid groups (broad SMARTS) is 1. The van der Waals surface area contributed by atoms with E-state index < -0.39 is 17.5 Å². The van der Waals surface area contributed by atoms with Crippen LogP contribution in [0.4, 0.5) is 0 Å². The minimum absolute atomic E-state index is 0.0605. The van der Waals surface area contributed by atoms with E-state index in [-0.39, 0.29) is 11.1 Å². The zero-order chi connectivity index (χ0) is 17.3. The number of aromatic hydroxyl groups is 1. The maximum absolute atomic E-state index is 12.3. The number of hydrogen-bond acceptors (Lipinski definition) is 4. The molecule has 0 aliphatic carbocycles. The number of aromatic carboxylic acids is 1. The summed E-state index contributed by atoms with van der Waals surface area (Å²) in [4.78, 5) is 23.4. The molecule has 2 N–H and O–H groups in total. The molecule has 3 aromatic rings. The molecule has 0 fully saturated rings. The van der Waals surface area contributed by atoms with Crippen LogP contribution >= 0.6 is 27.3 Å². The molecule has 0 atom stereocenters. The maximum atomic E-state index is 12.3. The standard InChI is InChI=1S/C18H11BrO4S/c19-12-8-13(17(21)14(9-12)18(22)23)15(20)3-1-10-2-4-16-11(7-10)5-6-24-16/h1-9,21H,(H,22,23)/b3-1+. The third-order valence-corrected chi connectivity index (χ3v) is 4.83.